The van der Waals surface area contributed by atoms with Gasteiger partial charge in [-0.3, -0.25) is 65.0 Å². The number of nitrogens with two attached hydrogens (primary N) is 4. The number of aromatic nitrogens is 2. The maximum atomic E-state index is 12.2. The number of rotatable bonds is 8. The summed E-state index contributed by atoms with van der Waals surface area (Å²) in [5.41, 5.74) is 14.8. The topological polar surface area (TPSA) is 247 Å². The Kier molecular flexibility index (Phi) is 13.3. The van der Waals surface area contributed by atoms with Crippen LogP contribution in [0.4, 0.5) is 0 Å². The summed E-state index contributed by atoms with van der Waals surface area (Å²) >= 11 is 0. The number of nitrogens with one attached hydrogen (secondary N) is 3. The number of nitrogens with zero attached hydrogens (tertiary/aromatic N) is 6. The van der Waals surface area contributed by atoms with Gasteiger partial charge in [0.25, 0.3) is 0 Å². The monoisotopic (exact) mass is 599 g/mol. The molecule has 17 nitrogen and oxygen atoms in total. The first-order chi connectivity index (χ1) is 20.7. The number of carbonyl (C=O) groups is 4. The Morgan fingerprint density at radius 3 is 1.09 bits per heavy atom. The number of hydrogen-bond acceptors (Lipinski definition) is 13. The van der Waals surface area contributed by atoms with E-state index in [4.69, 9.17) is 33.2 Å². The zero-order valence-electron chi connectivity index (χ0n) is 24.1. The molecule has 2 aromatic rings. The lowest BCUT2D eigenvalue weighted by Gasteiger charge is -2.28. The molecular weight excluding hydrogens is 558 g/mol. The van der Waals surface area contributed by atoms with Crippen LogP contribution in [0.15, 0.2) is 36.4 Å². The van der Waals surface area contributed by atoms with Gasteiger partial charge in [0, 0.05) is 52.4 Å². The fourth-order valence-corrected chi connectivity index (χ4v) is 4.72. The van der Waals surface area contributed by atoms with E-state index in [0.717, 1.165) is 0 Å². The number of hydrazine groups is 3. The molecule has 0 saturated carbocycles. The Bertz CT molecular complexity index is 1250. The molecule has 0 radical (unpaired) electrons. The molecule has 234 valence electrons. The summed E-state index contributed by atoms with van der Waals surface area (Å²) in [5, 5.41) is 0. The molecule has 4 bridgehead atoms. The molecular formula is C26H41N13O4. The molecule has 0 atom stereocenters. The van der Waals surface area contributed by atoms with E-state index in [1.165, 1.54) is 0 Å². The predicted molar refractivity (Wildman–Crippen MR) is 156 cm³/mol. The Labute approximate surface area is 249 Å². The Morgan fingerprint density at radius 2 is 0.837 bits per heavy atom. The Morgan fingerprint density at radius 1 is 0.558 bits per heavy atom. The van der Waals surface area contributed by atoms with Gasteiger partial charge in [0.15, 0.2) is 0 Å². The van der Waals surface area contributed by atoms with Gasteiger partial charge >= 0.3 is 0 Å². The average Bonchev–Trinajstić information content (AvgIpc) is 2.97. The first-order valence-corrected chi connectivity index (χ1v) is 13.7. The number of pyridine rings is 2. The molecule has 4 amide bonds. The van der Waals surface area contributed by atoms with Crippen molar-refractivity contribution in [2.45, 2.75) is 26.2 Å². The van der Waals surface area contributed by atoms with Crippen LogP contribution in [0.1, 0.15) is 22.8 Å². The van der Waals surface area contributed by atoms with Crippen molar-refractivity contribution in [1.29, 1.82) is 0 Å². The van der Waals surface area contributed by atoms with Crippen molar-refractivity contribution in [3.05, 3.63) is 59.2 Å². The summed E-state index contributed by atoms with van der Waals surface area (Å²) in [7, 11) is 0. The van der Waals surface area contributed by atoms with Crippen LogP contribution in [-0.4, -0.2) is 106 Å². The van der Waals surface area contributed by atoms with E-state index >= 15 is 0 Å². The highest BCUT2D eigenvalue weighted by molar-refractivity contribution is 5.78. The van der Waals surface area contributed by atoms with Gasteiger partial charge in [0.1, 0.15) is 0 Å². The second kappa shape index (κ2) is 17.1. The number of fused-ring (bicyclic) bond motifs is 4. The molecule has 2 aromatic heterocycles. The van der Waals surface area contributed by atoms with Crippen molar-refractivity contribution in [3.8, 4) is 0 Å². The molecule has 17 heteroatoms. The van der Waals surface area contributed by atoms with Crippen LogP contribution in [0.2, 0.25) is 0 Å². The summed E-state index contributed by atoms with van der Waals surface area (Å²) < 4.78 is 0. The minimum atomic E-state index is -0.495. The maximum Gasteiger partial charge on any atom is 0.248 e. The van der Waals surface area contributed by atoms with E-state index in [1.807, 2.05) is 56.0 Å². The van der Waals surface area contributed by atoms with Gasteiger partial charge in [-0.15, -0.1) is 0 Å². The molecule has 1 aliphatic rings. The number of amides is 4. The van der Waals surface area contributed by atoms with E-state index in [2.05, 4.69) is 16.3 Å². The summed E-state index contributed by atoms with van der Waals surface area (Å²) in [5.74, 6) is 14.5. The van der Waals surface area contributed by atoms with Crippen LogP contribution in [0.25, 0.3) is 0 Å². The van der Waals surface area contributed by atoms with Gasteiger partial charge < -0.3 is 5.73 Å². The van der Waals surface area contributed by atoms with Crippen molar-refractivity contribution < 1.29 is 19.2 Å². The second-order valence-electron chi connectivity index (χ2n) is 10.3. The van der Waals surface area contributed by atoms with Gasteiger partial charge in [-0.1, -0.05) is 12.1 Å². The number of carbonyl (C=O) groups excluding carboxylic acids is 4. The van der Waals surface area contributed by atoms with E-state index < -0.39 is 5.91 Å². The third-order valence-corrected chi connectivity index (χ3v) is 6.70. The van der Waals surface area contributed by atoms with Crippen LogP contribution in [0, 0.1) is 0 Å². The SMILES string of the molecule is NNC(=O)CN1CCN(CC(N)=O)Cc2cccc(n2)CN(CC(=O)NN)CCN(CC(=O)NN)Cc2cccc(n2)C1. The zero-order valence-corrected chi connectivity index (χ0v) is 24.1. The summed E-state index contributed by atoms with van der Waals surface area (Å²) in [6.45, 7) is 2.90. The standard InChI is InChI=1S/C26H41N13O4/c27-23(40)15-36-7-8-37(16-24(41)33-28)12-21-5-2-6-22(32-21)14-39(18-26(43)35-30)10-9-38(17-25(42)34-29)13-20-4-1-3-19(11-36)31-20/h1-6H,7-18,28-30H2,(H2,27,40)(H,33,41)(H,34,42)(H,35,43). The molecule has 0 aromatic carbocycles. The van der Waals surface area contributed by atoms with Crippen molar-refractivity contribution >= 4 is 23.6 Å². The summed E-state index contributed by atoms with van der Waals surface area (Å²) in [6.07, 6.45) is 0. The highest BCUT2D eigenvalue weighted by Crippen LogP contribution is 2.11. The molecule has 0 unspecified atom stereocenters. The molecule has 3 heterocycles. The molecule has 1 aliphatic heterocycles. The molecule has 3 rings (SSSR count). The zero-order chi connectivity index (χ0) is 31.2. The Hall–Kier alpha value is -4.10. The van der Waals surface area contributed by atoms with Crippen LogP contribution in [-0.2, 0) is 45.4 Å². The van der Waals surface area contributed by atoms with Gasteiger partial charge in [0.05, 0.1) is 49.0 Å². The molecule has 0 fully saturated rings. The third kappa shape index (κ3) is 12.0. The fourth-order valence-electron chi connectivity index (χ4n) is 4.72. The molecule has 0 spiro atoms. The second-order valence-corrected chi connectivity index (χ2v) is 10.3. The lowest BCUT2D eigenvalue weighted by Crippen LogP contribution is -2.45. The van der Waals surface area contributed by atoms with E-state index in [9.17, 15) is 19.2 Å². The van der Waals surface area contributed by atoms with Gasteiger partial charge in [0.2, 0.25) is 23.6 Å². The first-order valence-electron chi connectivity index (χ1n) is 13.7. The lowest BCUT2D eigenvalue weighted by atomic mass is 10.2. The highest BCUT2D eigenvalue weighted by atomic mass is 16.2. The molecule has 0 aliphatic carbocycles. The van der Waals surface area contributed by atoms with Gasteiger partial charge in [-0.2, -0.15) is 0 Å². The normalized spacial score (nSPS) is 16.4. The van der Waals surface area contributed by atoms with Crippen molar-refractivity contribution in [2.24, 2.45) is 23.3 Å². The lowest BCUT2D eigenvalue weighted by molar-refractivity contribution is -0.124. The largest absolute Gasteiger partial charge is 0.369 e. The van der Waals surface area contributed by atoms with E-state index in [0.29, 0.717) is 75.1 Å². The number of primary amides is 1. The van der Waals surface area contributed by atoms with Crippen LogP contribution in [0.5, 0.6) is 0 Å². The predicted octanol–water partition coefficient (Wildman–Crippen LogP) is -4.15. The molecule has 43 heavy (non-hydrogen) atoms. The quantitative estimate of drug-likeness (QED) is 0.0866. The summed E-state index contributed by atoms with van der Waals surface area (Å²) in [4.78, 5) is 65.6. The number of hydrogen-bond donors (Lipinski definition) is 7. The fraction of sp³-hybridized carbons (Fsp3) is 0.462. The maximum absolute atomic E-state index is 12.2. The van der Waals surface area contributed by atoms with Crippen molar-refractivity contribution in [2.75, 3.05) is 52.4 Å². The smallest absolute Gasteiger partial charge is 0.248 e. The minimum absolute atomic E-state index is 0.00552. The first kappa shape index (κ1) is 33.4. The highest BCUT2D eigenvalue weighted by Gasteiger charge is 2.20. The van der Waals surface area contributed by atoms with Gasteiger partial charge in [-0.05, 0) is 24.3 Å². The van der Waals surface area contributed by atoms with E-state index in [-0.39, 0.29) is 43.9 Å². The molecule has 0 saturated heterocycles. The van der Waals surface area contributed by atoms with Crippen molar-refractivity contribution in [3.63, 3.8) is 0 Å². The van der Waals surface area contributed by atoms with Crippen molar-refractivity contribution in [1.82, 2.24) is 45.8 Å². The van der Waals surface area contributed by atoms with Gasteiger partial charge in [-0.25, -0.2) is 17.5 Å². The molecule has 11 N–H and O–H groups in total. The minimum Gasteiger partial charge on any atom is -0.369 e. The third-order valence-electron chi connectivity index (χ3n) is 6.70. The van der Waals surface area contributed by atoms with E-state index in [1.54, 1.807) is 0 Å². The Balaban J connectivity index is 1.97. The van der Waals surface area contributed by atoms with Crippen LogP contribution >= 0.6 is 0 Å². The van der Waals surface area contributed by atoms with Crippen LogP contribution < -0.4 is 39.5 Å². The average molecular weight is 600 g/mol. The van der Waals surface area contributed by atoms with Crippen LogP contribution in [0.3, 0.4) is 0 Å². The summed E-state index contributed by atoms with van der Waals surface area (Å²) in [6, 6.07) is 11.1.